The van der Waals surface area contributed by atoms with E-state index >= 15 is 0 Å². The van der Waals surface area contributed by atoms with Gasteiger partial charge in [0.05, 0.1) is 5.02 Å². The van der Waals surface area contributed by atoms with Gasteiger partial charge in [-0.3, -0.25) is 0 Å². The maximum Gasteiger partial charge on any atom is 0.0550 e. The Morgan fingerprint density at radius 2 is 2.23 bits per heavy atom. The number of carboxylic acid groups (broad SMARTS) is 1. The average molecular weight is 263 g/mol. The van der Waals surface area contributed by atoms with Gasteiger partial charge in [0.1, 0.15) is 0 Å². The summed E-state index contributed by atoms with van der Waals surface area (Å²) < 4.78 is 0.811. The number of hydrogen-bond acceptors (Lipinski definition) is 2. The number of hydrogen-bond donors (Lipinski definition) is 0. The Balaban J connectivity index is 2.68. The minimum Gasteiger partial charge on any atom is -0.550 e. The first-order chi connectivity index (χ1) is 6.09. The molecule has 1 aromatic carbocycles. The lowest BCUT2D eigenvalue weighted by Crippen LogP contribution is -2.22. The zero-order chi connectivity index (χ0) is 9.84. The summed E-state index contributed by atoms with van der Waals surface area (Å²) in [6.45, 7) is 0. The molecule has 0 bridgehead atoms. The molecule has 0 saturated heterocycles. The number of aryl methyl sites for hydroxylation is 1. The normalized spacial score (nSPS) is 10.0. The first-order valence-electron chi connectivity index (χ1n) is 3.73. The van der Waals surface area contributed by atoms with Gasteiger partial charge in [-0.1, -0.05) is 17.7 Å². The summed E-state index contributed by atoms with van der Waals surface area (Å²) in [5, 5.41) is 10.8. The zero-order valence-corrected chi connectivity index (χ0v) is 9.06. The third kappa shape index (κ3) is 3.36. The van der Waals surface area contributed by atoms with Crippen molar-refractivity contribution in [3.8, 4) is 0 Å². The minimum atomic E-state index is -1.04. The van der Waals surface area contributed by atoms with E-state index in [0.29, 0.717) is 11.4 Å². The first kappa shape index (κ1) is 10.5. The highest BCUT2D eigenvalue weighted by Gasteiger charge is 1.98. The second-order valence-corrected chi connectivity index (χ2v) is 3.88. The third-order valence-corrected chi connectivity index (χ3v) is 2.83. The van der Waals surface area contributed by atoms with Gasteiger partial charge in [-0.25, -0.2) is 0 Å². The molecule has 0 aliphatic rings. The van der Waals surface area contributed by atoms with Crippen LogP contribution in [0.4, 0.5) is 0 Å². The van der Waals surface area contributed by atoms with E-state index in [1.807, 2.05) is 6.07 Å². The molecular weight excluding hydrogens is 255 g/mol. The predicted molar refractivity (Wildman–Crippen MR) is 52.5 cm³/mol. The van der Waals surface area contributed by atoms with Crippen LogP contribution in [0.2, 0.25) is 5.02 Å². The smallest absolute Gasteiger partial charge is 0.0550 e. The minimum absolute atomic E-state index is 0.0258. The first-order valence-corrected chi connectivity index (χ1v) is 4.90. The number of carbonyl (C=O) groups is 1. The van der Waals surface area contributed by atoms with E-state index in [1.165, 1.54) is 0 Å². The number of benzene rings is 1. The standard InChI is InChI=1S/C9H8BrClO2/c10-7-3-1-6(5-8(7)11)2-4-9(12)13/h1,3,5H,2,4H2,(H,12,13)/p-1. The fourth-order valence-electron chi connectivity index (χ4n) is 0.942. The van der Waals surface area contributed by atoms with Gasteiger partial charge in [0.2, 0.25) is 0 Å². The van der Waals surface area contributed by atoms with Crippen LogP contribution in [0.3, 0.4) is 0 Å². The maximum atomic E-state index is 10.2. The second kappa shape index (κ2) is 4.63. The highest BCUT2D eigenvalue weighted by atomic mass is 79.9. The lowest BCUT2D eigenvalue weighted by molar-refractivity contribution is -0.305. The van der Waals surface area contributed by atoms with Crippen molar-refractivity contribution in [3.05, 3.63) is 33.3 Å². The molecule has 0 aliphatic heterocycles. The van der Waals surface area contributed by atoms with E-state index < -0.39 is 5.97 Å². The van der Waals surface area contributed by atoms with Crippen LogP contribution < -0.4 is 5.11 Å². The van der Waals surface area contributed by atoms with Gasteiger partial charge in [-0.15, -0.1) is 0 Å². The Morgan fingerprint density at radius 1 is 1.54 bits per heavy atom. The van der Waals surface area contributed by atoms with Crippen LogP contribution in [0, 0.1) is 0 Å². The molecule has 0 unspecified atom stereocenters. The SMILES string of the molecule is O=C([O-])CCc1ccc(Br)c(Cl)c1. The van der Waals surface area contributed by atoms with Gasteiger partial charge >= 0.3 is 0 Å². The van der Waals surface area contributed by atoms with Crippen LogP contribution in [0.1, 0.15) is 12.0 Å². The van der Waals surface area contributed by atoms with Crippen molar-refractivity contribution < 1.29 is 9.90 Å². The molecule has 0 atom stereocenters. The summed E-state index contributed by atoms with van der Waals surface area (Å²) >= 11 is 9.07. The largest absolute Gasteiger partial charge is 0.550 e. The number of carbonyl (C=O) groups excluding carboxylic acids is 1. The quantitative estimate of drug-likeness (QED) is 0.833. The molecule has 0 heterocycles. The third-order valence-electron chi connectivity index (χ3n) is 1.60. The molecule has 1 aromatic rings. The summed E-state index contributed by atoms with van der Waals surface area (Å²) in [5.74, 6) is -1.04. The van der Waals surface area contributed by atoms with Crippen molar-refractivity contribution in [1.29, 1.82) is 0 Å². The Labute approximate surface area is 89.7 Å². The number of halogens is 2. The Hall–Kier alpha value is -0.540. The summed E-state index contributed by atoms with van der Waals surface area (Å²) in [6, 6.07) is 5.38. The molecule has 0 amide bonds. The summed E-state index contributed by atoms with van der Waals surface area (Å²) in [6.07, 6.45) is 0.479. The Bertz CT molecular complexity index is 325. The van der Waals surface area contributed by atoms with Crippen molar-refractivity contribution in [2.24, 2.45) is 0 Å². The summed E-state index contributed by atoms with van der Waals surface area (Å²) in [4.78, 5) is 10.2. The van der Waals surface area contributed by atoms with Crippen LogP contribution in [0.15, 0.2) is 22.7 Å². The molecule has 0 saturated carbocycles. The molecule has 0 radical (unpaired) electrons. The fraction of sp³-hybridized carbons (Fsp3) is 0.222. The van der Waals surface area contributed by atoms with E-state index in [2.05, 4.69) is 15.9 Å². The predicted octanol–water partition coefficient (Wildman–Crippen LogP) is 1.78. The molecule has 0 fully saturated rings. The Morgan fingerprint density at radius 3 is 2.77 bits per heavy atom. The van der Waals surface area contributed by atoms with Crippen LogP contribution >= 0.6 is 27.5 Å². The molecule has 4 heteroatoms. The number of carboxylic acids is 1. The van der Waals surface area contributed by atoms with E-state index in [0.717, 1.165) is 10.0 Å². The van der Waals surface area contributed by atoms with Gasteiger partial charge < -0.3 is 9.90 Å². The fourth-order valence-corrected chi connectivity index (χ4v) is 1.39. The lowest BCUT2D eigenvalue weighted by atomic mass is 10.1. The Kier molecular flexibility index (Phi) is 3.75. The van der Waals surface area contributed by atoms with Crippen LogP contribution in [0.25, 0.3) is 0 Å². The van der Waals surface area contributed by atoms with Crippen molar-refractivity contribution in [1.82, 2.24) is 0 Å². The molecule has 1 rings (SSSR count). The molecule has 0 N–H and O–H groups in total. The molecule has 70 valence electrons. The molecule has 0 spiro atoms. The van der Waals surface area contributed by atoms with Crippen molar-refractivity contribution in [3.63, 3.8) is 0 Å². The second-order valence-electron chi connectivity index (χ2n) is 2.62. The van der Waals surface area contributed by atoms with Crippen molar-refractivity contribution in [2.75, 3.05) is 0 Å². The molecule has 2 nitrogen and oxygen atoms in total. The van der Waals surface area contributed by atoms with E-state index in [4.69, 9.17) is 11.6 Å². The highest BCUT2D eigenvalue weighted by molar-refractivity contribution is 9.10. The molecule has 13 heavy (non-hydrogen) atoms. The highest BCUT2D eigenvalue weighted by Crippen LogP contribution is 2.23. The van der Waals surface area contributed by atoms with Crippen LogP contribution in [-0.4, -0.2) is 5.97 Å². The van der Waals surface area contributed by atoms with Crippen LogP contribution in [0.5, 0.6) is 0 Å². The lowest BCUT2D eigenvalue weighted by Gasteiger charge is -2.03. The average Bonchev–Trinajstić information content (AvgIpc) is 2.07. The van der Waals surface area contributed by atoms with E-state index in [9.17, 15) is 9.90 Å². The summed E-state index contributed by atoms with van der Waals surface area (Å²) in [7, 11) is 0. The zero-order valence-electron chi connectivity index (χ0n) is 6.72. The van der Waals surface area contributed by atoms with Gasteiger partial charge in [0.15, 0.2) is 0 Å². The summed E-state index contributed by atoms with van der Waals surface area (Å²) in [5.41, 5.74) is 0.900. The topological polar surface area (TPSA) is 40.1 Å². The number of aliphatic carboxylic acids is 1. The maximum absolute atomic E-state index is 10.2. The van der Waals surface area contributed by atoms with Crippen molar-refractivity contribution in [2.45, 2.75) is 12.8 Å². The van der Waals surface area contributed by atoms with Crippen molar-refractivity contribution >= 4 is 33.5 Å². The monoisotopic (exact) mass is 261 g/mol. The van der Waals surface area contributed by atoms with Crippen LogP contribution in [-0.2, 0) is 11.2 Å². The molecule has 0 aliphatic carbocycles. The van der Waals surface area contributed by atoms with Gasteiger partial charge in [0.25, 0.3) is 0 Å². The molecular formula is C9H7BrClO2-. The van der Waals surface area contributed by atoms with E-state index in [1.54, 1.807) is 12.1 Å². The molecule has 0 aromatic heterocycles. The van der Waals surface area contributed by atoms with Gasteiger partial charge in [0, 0.05) is 10.4 Å². The number of rotatable bonds is 3. The van der Waals surface area contributed by atoms with Gasteiger partial charge in [-0.05, 0) is 46.5 Å². The van der Waals surface area contributed by atoms with E-state index in [-0.39, 0.29) is 6.42 Å². The van der Waals surface area contributed by atoms with Gasteiger partial charge in [-0.2, -0.15) is 0 Å².